The molecule has 16 heavy (non-hydrogen) atoms. The van der Waals surface area contributed by atoms with Crippen LogP contribution in [0.15, 0.2) is 0 Å². The van der Waals surface area contributed by atoms with Gasteiger partial charge in [0.25, 0.3) is 0 Å². The van der Waals surface area contributed by atoms with Crippen molar-refractivity contribution in [2.24, 2.45) is 0 Å². The fraction of sp³-hybridized carbons (Fsp3) is 0.857. The third kappa shape index (κ3) is 11.2. The van der Waals surface area contributed by atoms with Crippen molar-refractivity contribution in [3.63, 3.8) is 0 Å². The maximum Gasteiger partial charge on any atom is 0.522 e. The summed E-state index contributed by atoms with van der Waals surface area (Å²) in [5, 5.41) is 8.14. The van der Waals surface area contributed by atoms with Gasteiger partial charge < -0.3 is 5.11 Å². The van der Waals surface area contributed by atoms with Gasteiger partial charge in [-0.25, -0.2) is 0 Å². The molecule has 0 atom stereocenters. The molecule has 0 aliphatic carbocycles. The van der Waals surface area contributed by atoms with E-state index in [0.29, 0.717) is 6.42 Å². The topological polar surface area (TPSA) is 91.7 Å². The number of aliphatic carboxylic acids is 1. The van der Waals surface area contributed by atoms with E-state index in [1.54, 1.807) is 0 Å². The lowest BCUT2D eigenvalue weighted by atomic mass is 10.2. The molecule has 98 valence electrons. The van der Waals surface area contributed by atoms with Crippen molar-refractivity contribution in [3.05, 3.63) is 0 Å². The van der Waals surface area contributed by atoms with E-state index in [1.807, 2.05) is 0 Å². The molecule has 0 aromatic carbocycles. The van der Waals surface area contributed by atoms with Crippen molar-refractivity contribution < 1.29 is 36.0 Å². The number of hydrogen-bond acceptors (Lipinski definition) is 3. The summed E-state index contributed by atoms with van der Waals surface area (Å²) in [7, 11) is -5.84. The Kier molecular flexibility index (Phi) is 8.17. The zero-order valence-corrected chi connectivity index (χ0v) is 9.31. The van der Waals surface area contributed by atoms with Gasteiger partial charge >= 0.3 is 21.6 Å². The first kappa shape index (κ1) is 17.6. The quantitative estimate of drug-likeness (QED) is 0.461. The normalized spacial score (nSPS) is 11.6. The van der Waals surface area contributed by atoms with Gasteiger partial charge in [-0.2, -0.15) is 21.6 Å². The number of unbranched alkanes of at least 4 members (excludes halogenated alkanes) is 2. The van der Waals surface area contributed by atoms with E-state index >= 15 is 0 Å². The molecule has 0 aliphatic heterocycles. The predicted octanol–water partition coefficient (Wildman–Crippen LogP) is 2.05. The van der Waals surface area contributed by atoms with Crippen molar-refractivity contribution in [3.8, 4) is 0 Å². The number of hydrogen-bond donors (Lipinski definition) is 2. The molecule has 0 bridgehead atoms. The summed E-state index contributed by atoms with van der Waals surface area (Å²) in [6.45, 7) is 2.06. The molecule has 0 radical (unpaired) electrons. The van der Waals surface area contributed by atoms with E-state index in [4.69, 9.17) is 18.1 Å². The SMILES string of the molecule is CCCCCC(=O)O.O=S(=O)(O)C(F)(F)F. The molecule has 0 unspecified atom stereocenters. The van der Waals surface area contributed by atoms with Crippen molar-refractivity contribution >= 4 is 16.1 Å². The molecule has 0 saturated carbocycles. The van der Waals surface area contributed by atoms with Crippen LogP contribution in [0.1, 0.15) is 32.6 Å². The molecule has 5 nitrogen and oxygen atoms in total. The number of carboxylic acids is 1. The molecule has 2 N–H and O–H groups in total. The standard InChI is InChI=1S/C6H12O2.CHF3O3S/c1-2-3-4-5-6(7)8;2-1(3,4)8(5,6)7/h2-5H2,1H3,(H,7,8);(H,5,6,7). The van der Waals surface area contributed by atoms with Gasteiger partial charge in [-0.15, -0.1) is 0 Å². The Bertz CT molecular complexity index is 296. The minimum absolute atomic E-state index is 0.327. The lowest BCUT2D eigenvalue weighted by molar-refractivity contribution is -0.137. The number of halogens is 3. The molecule has 0 aromatic heterocycles. The van der Waals surface area contributed by atoms with Gasteiger partial charge in [-0.3, -0.25) is 9.35 Å². The summed E-state index contributed by atoms with van der Waals surface area (Å²) in [5.74, 6) is -0.682. The Morgan fingerprint density at radius 1 is 1.25 bits per heavy atom. The van der Waals surface area contributed by atoms with E-state index in [9.17, 15) is 18.0 Å². The van der Waals surface area contributed by atoms with Gasteiger partial charge in [0.1, 0.15) is 0 Å². The van der Waals surface area contributed by atoms with E-state index in [2.05, 4.69) is 6.92 Å². The van der Waals surface area contributed by atoms with Gasteiger partial charge in [-0.05, 0) is 6.42 Å². The van der Waals surface area contributed by atoms with E-state index in [-0.39, 0.29) is 0 Å². The molecular formula is C7H13F3O5S. The molecule has 0 spiro atoms. The van der Waals surface area contributed by atoms with E-state index in [1.165, 1.54) is 0 Å². The summed E-state index contributed by atoms with van der Waals surface area (Å²) in [6, 6.07) is 0. The third-order valence-corrected chi connectivity index (χ3v) is 1.87. The maximum absolute atomic E-state index is 10.7. The zero-order chi connectivity index (χ0) is 13.4. The first-order chi connectivity index (χ1) is 7.02. The van der Waals surface area contributed by atoms with Crippen LogP contribution in [0.3, 0.4) is 0 Å². The predicted molar refractivity (Wildman–Crippen MR) is 49.4 cm³/mol. The van der Waals surface area contributed by atoms with Crippen LogP contribution in [0.25, 0.3) is 0 Å². The Hall–Kier alpha value is -0.830. The van der Waals surface area contributed by atoms with Crippen LogP contribution >= 0.6 is 0 Å². The number of rotatable bonds is 4. The third-order valence-electron chi connectivity index (χ3n) is 1.29. The number of carboxylic acid groups (broad SMARTS) is 1. The van der Waals surface area contributed by atoms with Crippen molar-refractivity contribution in [2.75, 3.05) is 0 Å². The average molecular weight is 266 g/mol. The lowest BCUT2D eigenvalue weighted by Crippen LogP contribution is -2.21. The highest BCUT2D eigenvalue weighted by atomic mass is 32.2. The van der Waals surface area contributed by atoms with Crippen LogP contribution in [-0.4, -0.2) is 29.6 Å². The summed E-state index contributed by atoms with van der Waals surface area (Å²) >= 11 is 0. The molecule has 0 rings (SSSR count). The van der Waals surface area contributed by atoms with Gasteiger partial charge in [0, 0.05) is 6.42 Å². The first-order valence-corrected chi connectivity index (χ1v) is 5.72. The summed E-state index contributed by atoms with van der Waals surface area (Å²) in [4.78, 5) is 9.87. The summed E-state index contributed by atoms with van der Waals surface area (Å²) < 4.78 is 57.5. The summed E-state index contributed by atoms with van der Waals surface area (Å²) in [6.07, 6.45) is 3.28. The highest BCUT2D eigenvalue weighted by molar-refractivity contribution is 7.86. The Morgan fingerprint density at radius 3 is 1.81 bits per heavy atom. The van der Waals surface area contributed by atoms with Crippen molar-refractivity contribution in [1.82, 2.24) is 0 Å². The Morgan fingerprint density at radius 2 is 1.62 bits per heavy atom. The smallest absolute Gasteiger partial charge is 0.481 e. The molecule has 0 fully saturated rings. The van der Waals surface area contributed by atoms with Crippen molar-refractivity contribution in [1.29, 1.82) is 0 Å². The van der Waals surface area contributed by atoms with Gasteiger partial charge in [-0.1, -0.05) is 19.8 Å². The molecule has 0 heterocycles. The lowest BCUT2D eigenvalue weighted by Gasteiger charge is -1.97. The fourth-order valence-corrected chi connectivity index (χ4v) is 0.526. The van der Waals surface area contributed by atoms with Gasteiger partial charge in [0.15, 0.2) is 0 Å². The van der Waals surface area contributed by atoms with Crippen LogP contribution in [0.2, 0.25) is 0 Å². The second kappa shape index (κ2) is 7.44. The highest BCUT2D eigenvalue weighted by Gasteiger charge is 2.44. The number of alkyl halides is 3. The monoisotopic (exact) mass is 266 g/mol. The Balaban J connectivity index is 0. The first-order valence-electron chi connectivity index (χ1n) is 4.28. The minimum Gasteiger partial charge on any atom is -0.481 e. The zero-order valence-electron chi connectivity index (χ0n) is 8.49. The second-order valence-electron chi connectivity index (χ2n) is 2.77. The van der Waals surface area contributed by atoms with Crippen molar-refractivity contribution in [2.45, 2.75) is 38.1 Å². The van der Waals surface area contributed by atoms with Crippen LogP contribution in [0.5, 0.6) is 0 Å². The highest BCUT2D eigenvalue weighted by Crippen LogP contribution is 2.20. The molecule has 0 aromatic rings. The molecular weight excluding hydrogens is 253 g/mol. The minimum atomic E-state index is -5.84. The Labute approximate surface area is 91.0 Å². The molecule has 0 aliphatic rings. The molecule has 9 heteroatoms. The van der Waals surface area contributed by atoms with Gasteiger partial charge in [0.05, 0.1) is 0 Å². The van der Waals surface area contributed by atoms with E-state index < -0.39 is 21.6 Å². The second-order valence-corrected chi connectivity index (χ2v) is 4.18. The van der Waals surface area contributed by atoms with Crippen LogP contribution < -0.4 is 0 Å². The molecule has 0 amide bonds. The average Bonchev–Trinajstić information content (AvgIpc) is 2.01. The fourth-order valence-electron chi connectivity index (χ4n) is 0.526. The summed E-state index contributed by atoms with van der Waals surface area (Å²) in [5.41, 5.74) is -5.53. The maximum atomic E-state index is 10.7. The molecule has 0 saturated heterocycles. The van der Waals surface area contributed by atoms with Crippen LogP contribution in [-0.2, 0) is 14.9 Å². The largest absolute Gasteiger partial charge is 0.522 e. The van der Waals surface area contributed by atoms with Gasteiger partial charge in [0.2, 0.25) is 0 Å². The van der Waals surface area contributed by atoms with E-state index in [0.717, 1.165) is 19.3 Å². The van der Waals surface area contributed by atoms with Crippen LogP contribution in [0.4, 0.5) is 13.2 Å². The van der Waals surface area contributed by atoms with Crippen LogP contribution in [0, 0.1) is 0 Å². The number of carbonyl (C=O) groups is 1.